The number of carbonyl (C=O) groups excluding carboxylic acids is 1. The fourth-order valence-electron chi connectivity index (χ4n) is 0.480. The summed E-state index contributed by atoms with van der Waals surface area (Å²) in [5.74, 6) is -0.198. The number of esters is 1. The normalized spacial score (nSPS) is 8.60. The third-order valence-corrected chi connectivity index (χ3v) is 1.21. The summed E-state index contributed by atoms with van der Waals surface area (Å²) in [5, 5.41) is 2.84. The molecule has 0 saturated heterocycles. The van der Waals surface area contributed by atoms with E-state index in [1.54, 1.807) is 7.05 Å². The number of methoxy groups -OCH3 is 1. The lowest BCUT2D eigenvalue weighted by molar-refractivity contribution is -0.140. The van der Waals surface area contributed by atoms with Crippen molar-refractivity contribution in [2.24, 2.45) is 0 Å². The maximum absolute atomic E-state index is 10.5. The van der Waals surface area contributed by atoms with E-state index in [1.165, 1.54) is 7.11 Å². The molecule has 0 rings (SSSR count). The molecule has 0 spiro atoms. The first kappa shape index (κ1) is 9.01. The molecule has 0 amide bonds. The van der Waals surface area contributed by atoms with Crippen molar-refractivity contribution < 1.29 is 9.53 Å². The molecule has 3 nitrogen and oxygen atoms in total. The van der Waals surface area contributed by atoms with Crippen LogP contribution in [0, 0.1) is 0 Å². The number of hydrogen-bond acceptors (Lipinski definition) is 3. The van der Waals surface area contributed by atoms with Gasteiger partial charge in [0.25, 0.3) is 0 Å². The van der Waals surface area contributed by atoms with Gasteiger partial charge in [-0.2, -0.15) is 0 Å². The number of rotatable bonds is 4. The molecule has 1 N–H and O–H groups in total. The minimum atomic E-state index is -0.198. The van der Waals surface area contributed by atoms with Crippen LogP contribution in [0.2, 0.25) is 0 Å². The molecule has 0 radical (unpaired) electrons. The number of nitrogens with one attached hydrogen (secondary N) is 1. The van der Waals surface area contributed by atoms with Crippen LogP contribution in [0.25, 0.3) is 0 Å². The van der Waals surface area contributed by atoms with Gasteiger partial charge in [0, 0.05) is 12.7 Å². The Morgan fingerprint density at radius 3 is 2.60 bits per heavy atom. The molecule has 0 aliphatic heterocycles. The van der Waals surface area contributed by atoms with Gasteiger partial charge in [-0.25, -0.2) is 0 Å². The fraction of sp³-hybridized carbons (Fsp3) is 0.571. The third kappa shape index (κ3) is 3.95. The van der Waals surface area contributed by atoms with Gasteiger partial charge in [-0.1, -0.05) is 6.58 Å². The predicted molar refractivity (Wildman–Crippen MR) is 39.4 cm³/mol. The maximum Gasteiger partial charge on any atom is 0.305 e. The molecule has 0 fully saturated rings. The number of hydrogen-bond donors (Lipinski definition) is 1. The smallest absolute Gasteiger partial charge is 0.305 e. The largest absolute Gasteiger partial charge is 0.469 e. The van der Waals surface area contributed by atoms with Gasteiger partial charge in [0.05, 0.1) is 13.5 Å². The molecule has 0 aromatic carbocycles. The Morgan fingerprint density at radius 2 is 2.20 bits per heavy atom. The number of ether oxygens (including phenoxy) is 1. The zero-order valence-electron chi connectivity index (χ0n) is 6.44. The Morgan fingerprint density at radius 1 is 1.60 bits per heavy atom. The van der Waals surface area contributed by atoms with Crippen LogP contribution in [0.15, 0.2) is 12.3 Å². The molecule has 0 aromatic rings. The molecule has 3 heteroatoms. The second-order valence-corrected chi connectivity index (χ2v) is 1.93. The molecule has 0 bridgehead atoms. The Labute approximate surface area is 61.1 Å². The third-order valence-electron chi connectivity index (χ3n) is 1.21. The lowest BCUT2D eigenvalue weighted by Crippen LogP contribution is -2.07. The van der Waals surface area contributed by atoms with E-state index in [9.17, 15) is 4.79 Å². The van der Waals surface area contributed by atoms with Gasteiger partial charge >= 0.3 is 5.97 Å². The minimum Gasteiger partial charge on any atom is -0.469 e. The van der Waals surface area contributed by atoms with E-state index in [2.05, 4.69) is 16.6 Å². The summed E-state index contributed by atoms with van der Waals surface area (Å²) in [6, 6.07) is 0. The van der Waals surface area contributed by atoms with Crippen LogP contribution in [0.3, 0.4) is 0 Å². The van der Waals surface area contributed by atoms with E-state index < -0.39 is 0 Å². The Hall–Kier alpha value is -0.990. The topological polar surface area (TPSA) is 38.3 Å². The average molecular weight is 143 g/mol. The van der Waals surface area contributed by atoms with E-state index in [4.69, 9.17) is 0 Å². The molecule has 0 aliphatic rings. The molecular weight excluding hydrogens is 130 g/mol. The van der Waals surface area contributed by atoms with Crippen molar-refractivity contribution in [1.82, 2.24) is 5.32 Å². The van der Waals surface area contributed by atoms with Crippen molar-refractivity contribution in [3.8, 4) is 0 Å². The molecule has 0 unspecified atom stereocenters. The number of allylic oxidation sites excluding steroid dienone is 1. The predicted octanol–water partition coefficient (Wildman–Crippen LogP) is 0.673. The highest BCUT2D eigenvalue weighted by molar-refractivity contribution is 5.69. The van der Waals surface area contributed by atoms with Crippen molar-refractivity contribution in [1.29, 1.82) is 0 Å². The van der Waals surface area contributed by atoms with Gasteiger partial charge < -0.3 is 10.1 Å². The van der Waals surface area contributed by atoms with Gasteiger partial charge in [0.2, 0.25) is 0 Å². The van der Waals surface area contributed by atoms with Crippen LogP contribution in [0.1, 0.15) is 12.8 Å². The van der Waals surface area contributed by atoms with Crippen LogP contribution in [-0.4, -0.2) is 20.1 Å². The summed E-state index contributed by atoms with van der Waals surface area (Å²) in [4.78, 5) is 10.5. The zero-order valence-corrected chi connectivity index (χ0v) is 6.44. The Balaban J connectivity index is 3.35. The highest BCUT2D eigenvalue weighted by Gasteiger charge is 1.99. The summed E-state index contributed by atoms with van der Waals surface area (Å²) in [6.07, 6.45) is 1.04. The number of carbonyl (C=O) groups is 1. The van der Waals surface area contributed by atoms with Crippen molar-refractivity contribution >= 4 is 5.97 Å². The second-order valence-electron chi connectivity index (χ2n) is 1.93. The second kappa shape index (κ2) is 4.85. The first-order valence-electron chi connectivity index (χ1n) is 3.13. The van der Waals surface area contributed by atoms with Crippen LogP contribution in [0.5, 0.6) is 0 Å². The van der Waals surface area contributed by atoms with Gasteiger partial charge in [-0.05, 0) is 6.42 Å². The molecule has 0 aliphatic carbocycles. The average Bonchev–Trinajstić information content (AvgIpc) is 1.99. The highest BCUT2D eigenvalue weighted by atomic mass is 16.5. The quantitative estimate of drug-likeness (QED) is 0.588. The monoisotopic (exact) mass is 143 g/mol. The first-order chi connectivity index (χ1) is 4.70. The van der Waals surface area contributed by atoms with E-state index in [0.29, 0.717) is 12.8 Å². The fourth-order valence-corrected chi connectivity index (χ4v) is 0.480. The van der Waals surface area contributed by atoms with Gasteiger partial charge in [-0.15, -0.1) is 0 Å². The first-order valence-corrected chi connectivity index (χ1v) is 3.13. The van der Waals surface area contributed by atoms with Crippen LogP contribution < -0.4 is 5.32 Å². The van der Waals surface area contributed by atoms with Gasteiger partial charge in [0.15, 0.2) is 0 Å². The molecule has 58 valence electrons. The summed E-state index contributed by atoms with van der Waals surface area (Å²) in [6.45, 7) is 3.66. The van der Waals surface area contributed by atoms with Gasteiger partial charge in [0.1, 0.15) is 0 Å². The van der Waals surface area contributed by atoms with Crippen LogP contribution >= 0.6 is 0 Å². The standard InChI is InChI=1S/C7H13NO2/c1-6(8-2)4-5-7(9)10-3/h8H,1,4-5H2,2-3H3. The summed E-state index contributed by atoms with van der Waals surface area (Å²) < 4.78 is 4.44. The molecule has 0 atom stereocenters. The molecular formula is C7H13NO2. The molecule has 0 aromatic heterocycles. The van der Waals surface area contributed by atoms with Crippen molar-refractivity contribution in [2.75, 3.05) is 14.2 Å². The van der Waals surface area contributed by atoms with Crippen LogP contribution in [-0.2, 0) is 9.53 Å². The SMILES string of the molecule is C=C(CCC(=O)OC)NC. The minimum absolute atomic E-state index is 0.198. The summed E-state index contributed by atoms with van der Waals surface area (Å²) in [7, 11) is 3.16. The highest BCUT2D eigenvalue weighted by Crippen LogP contribution is 1.97. The molecule has 0 heterocycles. The Bertz CT molecular complexity index is 116. The summed E-state index contributed by atoms with van der Waals surface area (Å²) >= 11 is 0. The molecule has 10 heavy (non-hydrogen) atoms. The molecule has 0 saturated carbocycles. The van der Waals surface area contributed by atoms with E-state index >= 15 is 0 Å². The van der Waals surface area contributed by atoms with Crippen molar-refractivity contribution in [3.05, 3.63) is 12.3 Å². The van der Waals surface area contributed by atoms with Crippen LogP contribution in [0.4, 0.5) is 0 Å². The van der Waals surface area contributed by atoms with E-state index in [-0.39, 0.29) is 5.97 Å². The van der Waals surface area contributed by atoms with Gasteiger partial charge in [-0.3, -0.25) is 4.79 Å². The lowest BCUT2D eigenvalue weighted by atomic mass is 10.2. The van der Waals surface area contributed by atoms with Crippen molar-refractivity contribution in [2.45, 2.75) is 12.8 Å². The van der Waals surface area contributed by atoms with E-state index in [0.717, 1.165) is 5.70 Å². The zero-order chi connectivity index (χ0) is 7.98. The summed E-state index contributed by atoms with van der Waals surface area (Å²) in [5.41, 5.74) is 0.852. The van der Waals surface area contributed by atoms with E-state index in [1.807, 2.05) is 0 Å². The lowest BCUT2D eigenvalue weighted by Gasteiger charge is -2.01. The van der Waals surface area contributed by atoms with Crippen molar-refractivity contribution in [3.63, 3.8) is 0 Å². The maximum atomic E-state index is 10.5. The Kier molecular flexibility index (Phi) is 4.37.